The van der Waals surface area contributed by atoms with Crippen LogP contribution in [0.2, 0.25) is 5.02 Å². The van der Waals surface area contributed by atoms with E-state index in [1.165, 1.54) is 22.8 Å². The smallest absolute Gasteiger partial charge is 0.253 e. The van der Waals surface area contributed by atoms with Crippen LogP contribution in [0.5, 0.6) is 0 Å². The van der Waals surface area contributed by atoms with Gasteiger partial charge in [0.15, 0.2) is 0 Å². The predicted molar refractivity (Wildman–Crippen MR) is 73.7 cm³/mol. The Balaban J connectivity index is 2.46. The Morgan fingerprint density at radius 2 is 2.11 bits per heavy atom. The van der Waals surface area contributed by atoms with E-state index in [4.69, 9.17) is 11.6 Å². The molecular formula is C13H10BrClFNO. The third kappa shape index (κ3) is 2.82. The number of pyridine rings is 1. The molecule has 1 heterocycles. The molecule has 2 rings (SSSR count). The topological polar surface area (TPSA) is 22.0 Å². The number of hydrogen-bond donors (Lipinski definition) is 0. The summed E-state index contributed by atoms with van der Waals surface area (Å²) in [6.45, 7) is 1.98. The summed E-state index contributed by atoms with van der Waals surface area (Å²) >= 11 is 9.31. The van der Waals surface area contributed by atoms with Crippen molar-refractivity contribution in [1.29, 1.82) is 0 Å². The molecule has 0 bridgehead atoms. The Labute approximate surface area is 117 Å². The van der Waals surface area contributed by atoms with Crippen molar-refractivity contribution >= 4 is 27.5 Å². The second kappa shape index (κ2) is 5.24. The Morgan fingerprint density at radius 3 is 2.83 bits per heavy atom. The number of aromatic nitrogens is 1. The quantitative estimate of drug-likeness (QED) is 0.822. The van der Waals surface area contributed by atoms with Crippen molar-refractivity contribution in [3.8, 4) is 0 Å². The zero-order valence-electron chi connectivity index (χ0n) is 9.58. The van der Waals surface area contributed by atoms with Gasteiger partial charge in [0.2, 0.25) is 0 Å². The molecule has 18 heavy (non-hydrogen) atoms. The molecule has 0 unspecified atom stereocenters. The van der Waals surface area contributed by atoms with Crippen molar-refractivity contribution in [3.05, 3.63) is 67.3 Å². The van der Waals surface area contributed by atoms with Crippen LogP contribution in [0.25, 0.3) is 0 Å². The summed E-state index contributed by atoms with van der Waals surface area (Å²) in [6.07, 6.45) is 1.66. The van der Waals surface area contributed by atoms with Gasteiger partial charge in [0, 0.05) is 21.3 Å². The molecule has 1 aromatic heterocycles. The van der Waals surface area contributed by atoms with Gasteiger partial charge in [-0.25, -0.2) is 4.39 Å². The van der Waals surface area contributed by atoms with Gasteiger partial charge in [-0.15, -0.1) is 0 Å². The van der Waals surface area contributed by atoms with E-state index in [1.807, 2.05) is 0 Å². The molecule has 0 amide bonds. The Hall–Kier alpha value is -1.13. The first-order chi connectivity index (χ1) is 8.47. The fourth-order valence-corrected chi connectivity index (χ4v) is 2.47. The van der Waals surface area contributed by atoms with Gasteiger partial charge in [0.25, 0.3) is 5.56 Å². The van der Waals surface area contributed by atoms with E-state index < -0.39 is 0 Å². The standard InChI is InChI=1S/C13H10BrClFNO/c1-8-4-10(14)7-17(13(8)18)6-9-5-11(16)2-3-12(9)15/h2-5,7H,6H2,1H3. The number of hydrogen-bond acceptors (Lipinski definition) is 1. The predicted octanol–water partition coefficient (Wildman–Crippen LogP) is 3.76. The highest BCUT2D eigenvalue weighted by Crippen LogP contribution is 2.18. The normalized spacial score (nSPS) is 10.7. The Kier molecular flexibility index (Phi) is 3.88. The van der Waals surface area contributed by atoms with Crippen molar-refractivity contribution in [2.45, 2.75) is 13.5 Å². The third-order valence-corrected chi connectivity index (χ3v) is 3.38. The molecule has 0 spiro atoms. The van der Waals surface area contributed by atoms with Crippen molar-refractivity contribution in [1.82, 2.24) is 4.57 Å². The molecule has 0 aliphatic heterocycles. The van der Waals surface area contributed by atoms with Crippen LogP contribution in [0.3, 0.4) is 0 Å². The van der Waals surface area contributed by atoms with E-state index in [-0.39, 0.29) is 17.9 Å². The van der Waals surface area contributed by atoms with Gasteiger partial charge in [-0.05, 0) is 52.7 Å². The van der Waals surface area contributed by atoms with Crippen molar-refractivity contribution in [3.63, 3.8) is 0 Å². The van der Waals surface area contributed by atoms with Gasteiger partial charge in [0.05, 0.1) is 6.54 Å². The molecule has 5 heteroatoms. The lowest BCUT2D eigenvalue weighted by Crippen LogP contribution is -2.22. The lowest BCUT2D eigenvalue weighted by Gasteiger charge is -2.09. The highest BCUT2D eigenvalue weighted by atomic mass is 79.9. The van der Waals surface area contributed by atoms with E-state index in [1.54, 1.807) is 19.2 Å². The van der Waals surface area contributed by atoms with Crippen molar-refractivity contribution in [2.75, 3.05) is 0 Å². The summed E-state index contributed by atoms with van der Waals surface area (Å²) in [4.78, 5) is 11.9. The van der Waals surface area contributed by atoms with Gasteiger partial charge >= 0.3 is 0 Å². The lowest BCUT2D eigenvalue weighted by atomic mass is 10.2. The minimum Gasteiger partial charge on any atom is -0.310 e. The lowest BCUT2D eigenvalue weighted by molar-refractivity contribution is 0.622. The average molecular weight is 331 g/mol. The maximum absolute atomic E-state index is 13.2. The molecule has 0 saturated heterocycles. The molecule has 2 nitrogen and oxygen atoms in total. The number of aryl methyl sites for hydroxylation is 1. The van der Waals surface area contributed by atoms with Crippen LogP contribution < -0.4 is 5.56 Å². The fourth-order valence-electron chi connectivity index (χ4n) is 1.71. The highest BCUT2D eigenvalue weighted by Gasteiger charge is 2.06. The van der Waals surface area contributed by atoms with Gasteiger partial charge in [-0.2, -0.15) is 0 Å². The first-order valence-electron chi connectivity index (χ1n) is 5.28. The van der Waals surface area contributed by atoms with Crippen LogP contribution >= 0.6 is 27.5 Å². The van der Waals surface area contributed by atoms with Crippen LogP contribution in [-0.4, -0.2) is 4.57 Å². The molecule has 0 fully saturated rings. The monoisotopic (exact) mass is 329 g/mol. The van der Waals surface area contributed by atoms with Crippen molar-refractivity contribution < 1.29 is 4.39 Å². The third-order valence-electron chi connectivity index (χ3n) is 2.58. The first-order valence-corrected chi connectivity index (χ1v) is 6.45. The Morgan fingerprint density at radius 1 is 1.39 bits per heavy atom. The van der Waals surface area contributed by atoms with E-state index in [2.05, 4.69) is 15.9 Å². The molecule has 0 aliphatic rings. The summed E-state index contributed by atoms with van der Waals surface area (Å²) < 4.78 is 15.5. The maximum Gasteiger partial charge on any atom is 0.253 e. The summed E-state index contributed by atoms with van der Waals surface area (Å²) in [7, 11) is 0. The molecule has 2 aromatic rings. The van der Waals surface area contributed by atoms with Gasteiger partial charge in [-0.3, -0.25) is 4.79 Å². The average Bonchev–Trinajstić information content (AvgIpc) is 2.30. The SMILES string of the molecule is Cc1cc(Br)cn(Cc2cc(F)ccc2Cl)c1=O. The number of halogens is 3. The molecule has 1 aromatic carbocycles. The zero-order chi connectivity index (χ0) is 13.3. The molecule has 0 atom stereocenters. The minimum absolute atomic E-state index is 0.112. The molecule has 0 radical (unpaired) electrons. The number of benzene rings is 1. The molecule has 0 aliphatic carbocycles. The van der Waals surface area contributed by atoms with Crippen LogP contribution in [0.15, 0.2) is 39.7 Å². The van der Waals surface area contributed by atoms with Gasteiger partial charge in [0.1, 0.15) is 5.82 Å². The van der Waals surface area contributed by atoms with Gasteiger partial charge < -0.3 is 4.57 Å². The second-order valence-electron chi connectivity index (χ2n) is 4.01. The summed E-state index contributed by atoms with van der Waals surface area (Å²) in [6, 6.07) is 5.86. The number of nitrogens with zero attached hydrogens (tertiary/aromatic N) is 1. The highest BCUT2D eigenvalue weighted by molar-refractivity contribution is 9.10. The van der Waals surface area contributed by atoms with E-state index >= 15 is 0 Å². The second-order valence-corrected chi connectivity index (χ2v) is 5.33. The Bertz CT molecular complexity index is 654. The van der Waals surface area contributed by atoms with E-state index in [0.29, 0.717) is 16.1 Å². The summed E-state index contributed by atoms with van der Waals surface area (Å²) in [5, 5.41) is 0.445. The minimum atomic E-state index is -0.367. The molecule has 94 valence electrons. The van der Waals surface area contributed by atoms with Gasteiger partial charge in [-0.1, -0.05) is 11.6 Å². The summed E-state index contributed by atoms with van der Waals surface area (Å²) in [5.41, 5.74) is 1.09. The van der Waals surface area contributed by atoms with E-state index in [0.717, 1.165) is 4.47 Å². The van der Waals surface area contributed by atoms with Crippen LogP contribution in [0, 0.1) is 12.7 Å². The molecular weight excluding hydrogens is 321 g/mol. The van der Waals surface area contributed by atoms with Crippen molar-refractivity contribution in [2.24, 2.45) is 0 Å². The molecule has 0 N–H and O–H groups in total. The van der Waals surface area contributed by atoms with Crippen LogP contribution in [0.4, 0.5) is 4.39 Å². The molecule has 0 saturated carbocycles. The first kappa shape index (κ1) is 13.3. The van der Waals surface area contributed by atoms with E-state index in [9.17, 15) is 9.18 Å². The van der Waals surface area contributed by atoms with Crippen LogP contribution in [-0.2, 0) is 6.54 Å². The zero-order valence-corrected chi connectivity index (χ0v) is 11.9. The maximum atomic E-state index is 13.2. The summed E-state index contributed by atoms with van der Waals surface area (Å²) in [5.74, 6) is -0.367. The number of rotatable bonds is 2. The largest absolute Gasteiger partial charge is 0.310 e. The van der Waals surface area contributed by atoms with Crippen LogP contribution in [0.1, 0.15) is 11.1 Å². The fraction of sp³-hybridized carbons (Fsp3) is 0.154.